The number of nitrogens with one attached hydrogen (secondary N) is 2. The normalized spacial score (nSPS) is 15.7. The molecule has 6 nitrogen and oxygen atoms in total. The average molecular weight is 442 g/mol. The third-order valence-corrected chi connectivity index (χ3v) is 5.59. The summed E-state index contributed by atoms with van der Waals surface area (Å²) in [6, 6.07) is 12.9. The van der Waals surface area contributed by atoms with Gasteiger partial charge in [0.05, 0.1) is 0 Å². The van der Waals surface area contributed by atoms with Crippen LogP contribution in [0.15, 0.2) is 48.5 Å². The minimum atomic E-state index is -0.427. The standard InChI is InChI=1S/C24H28ClN3O3/c1-16(2)13-14-26-23(30)21-4-3-15-28(21)24(31)18-7-11-20(12-8-18)27-22(29)17-5-9-19(25)10-6-17/h5-12,16,21H,3-4,13-15H2,1-2H3,(H,26,30)(H,27,29). The van der Waals surface area contributed by atoms with Crippen molar-refractivity contribution in [2.45, 2.75) is 39.2 Å². The van der Waals surface area contributed by atoms with Crippen LogP contribution < -0.4 is 10.6 Å². The Morgan fingerprint density at radius 2 is 1.68 bits per heavy atom. The summed E-state index contributed by atoms with van der Waals surface area (Å²) >= 11 is 5.85. The van der Waals surface area contributed by atoms with Crippen molar-refractivity contribution in [1.82, 2.24) is 10.2 Å². The summed E-state index contributed by atoms with van der Waals surface area (Å²) in [5.41, 5.74) is 1.57. The molecule has 7 heteroatoms. The van der Waals surface area contributed by atoms with Crippen LogP contribution in [0.3, 0.4) is 0 Å². The molecule has 2 aromatic carbocycles. The van der Waals surface area contributed by atoms with Crippen molar-refractivity contribution in [3.8, 4) is 0 Å². The van der Waals surface area contributed by atoms with Gasteiger partial charge in [-0.15, -0.1) is 0 Å². The van der Waals surface area contributed by atoms with Gasteiger partial charge in [0.25, 0.3) is 11.8 Å². The molecule has 1 aliphatic rings. The Labute approximate surface area is 188 Å². The molecule has 1 unspecified atom stereocenters. The minimum absolute atomic E-state index is 0.0849. The van der Waals surface area contributed by atoms with E-state index in [1.807, 2.05) is 0 Å². The van der Waals surface area contributed by atoms with E-state index in [2.05, 4.69) is 24.5 Å². The Balaban J connectivity index is 1.60. The number of rotatable bonds is 7. The van der Waals surface area contributed by atoms with Crippen molar-refractivity contribution in [1.29, 1.82) is 0 Å². The number of carbonyl (C=O) groups is 3. The van der Waals surface area contributed by atoms with Crippen molar-refractivity contribution in [3.05, 3.63) is 64.7 Å². The van der Waals surface area contributed by atoms with E-state index in [-0.39, 0.29) is 17.7 Å². The molecule has 0 saturated carbocycles. The smallest absolute Gasteiger partial charge is 0.255 e. The minimum Gasteiger partial charge on any atom is -0.354 e. The first-order valence-electron chi connectivity index (χ1n) is 10.6. The van der Waals surface area contributed by atoms with Gasteiger partial charge >= 0.3 is 0 Å². The molecule has 3 amide bonds. The second-order valence-corrected chi connectivity index (χ2v) is 8.60. The molecule has 1 saturated heterocycles. The summed E-state index contributed by atoms with van der Waals surface area (Å²) in [6.07, 6.45) is 2.40. The maximum Gasteiger partial charge on any atom is 0.255 e. The fraction of sp³-hybridized carbons (Fsp3) is 0.375. The first-order valence-corrected chi connectivity index (χ1v) is 11.0. The number of carbonyl (C=O) groups excluding carboxylic acids is 3. The lowest BCUT2D eigenvalue weighted by Gasteiger charge is -2.24. The molecule has 2 aromatic rings. The predicted molar refractivity (Wildman–Crippen MR) is 122 cm³/mol. The Bertz CT molecular complexity index is 926. The molecule has 1 atom stereocenters. The van der Waals surface area contributed by atoms with Crippen molar-refractivity contribution in [2.24, 2.45) is 5.92 Å². The predicted octanol–water partition coefficient (Wildman–Crippen LogP) is 4.36. The van der Waals surface area contributed by atoms with Crippen molar-refractivity contribution < 1.29 is 14.4 Å². The maximum absolute atomic E-state index is 13.0. The van der Waals surface area contributed by atoms with Crippen LogP contribution in [0.25, 0.3) is 0 Å². The van der Waals surface area contributed by atoms with Gasteiger partial charge in [-0.1, -0.05) is 25.4 Å². The number of nitrogens with zero attached hydrogens (tertiary/aromatic N) is 1. The third-order valence-electron chi connectivity index (χ3n) is 5.33. The van der Waals surface area contributed by atoms with E-state index in [1.165, 1.54) is 0 Å². The van der Waals surface area contributed by atoms with Gasteiger partial charge in [0.1, 0.15) is 6.04 Å². The third kappa shape index (κ3) is 6.07. The molecule has 31 heavy (non-hydrogen) atoms. The highest BCUT2D eigenvalue weighted by atomic mass is 35.5. The summed E-state index contributed by atoms with van der Waals surface area (Å²) in [7, 11) is 0. The molecule has 1 fully saturated rings. The van der Waals surface area contributed by atoms with Gasteiger partial charge in [-0.25, -0.2) is 0 Å². The van der Waals surface area contributed by atoms with E-state index in [0.29, 0.717) is 47.3 Å². The summed E-state index contributed by atoms with van der Waals surface area (Å²) in [4.78, 5) is 39.5. The van der Waals surface area contributed by atoms with Crippen LogP contribution in [0.2, 0.25) is 5.02 Å². The molecule has 0 bridgehead atoms. The summed E-state index contributed by atoms with van der Waals surface area (Å²) < 4.78 is 0. The van der Waals surface area contributed by atoms with Gasteiger partial charge in [-0.2, -0.15) is 0 Å². The number of benzene rings is 2. The van der Waals surface area contributed by atoms with E-state index in [9.17, 15) is 14.4 Å². The lowest BCUT2D eigenvalue weighted by Crippen LogP contribution is -2.46. The van der Waals surface area contributed by atoms with E-state index in [1.54, 1.807) is 53.4 Å². The number of hydrogen-bond acceptors (Lipinski definition) is 3. The molecular weight excluding hydrogens is 414 g/mol. The molecular formula is C24H28ClN3O3. The number of hydrogen-bond donors (Lipinski definition) is 2. The van der Waals surface area contributed by atoms with Crippen LogP contribution in [0.5, 0.6) is 0 Å². The molecule has 0 aromatic heterocycles. The maximum atomic E-state index is 13.0. The zero-order valence-electron chi connectivity index (χ0n) is 17.9. The van der Waals surface area contributed by atoms with Crippen molar-refractivity contribution in [3.63, 3.8) is 0 Å². The zero-order valence-corrected chi connectivity index (χ0v) is 18.6. The Morgan fingerprint density at radius 3 is 2.32 bits per heavy atom. The second kappa shape index (κ2) is 10.4. The van der Waals surface area contributed by atoms with Crippen molar-refractivity contribution in [2.75, 3.05) is 18.4 Å². The largest absolute Gasteiger partial charge is 0.354 e. The van der Waals surface area contributed by atoms with E-state index in [0.717, 1.165) is 12.8 Å². The number of likely N-dealkylation sites (tertiary alicyclic amines) is 1. The Hall–Kier alpha value is -2.86. The van der Waals surface area contributed by atoms with Gasteiger partial charge in [-0.3, -0.25) is 14.4 Å². The quantitative estimate of drug-likeness (QED) is 0.670. The van der Waals surface area contributed by atoms with Crippen LogP contribution in [0.4, 0.5) is 5.69 Å². The Morgan fingerprint density at radius 1 is 1.03 bits per heavy atom. The lowest BCUT2D eigenvalue weighted by atomic mass is 10.1. The fourth-order valence-corrected chi connectivity index (χ4v) is 3.68. The summed E-state index contributed by atoms with van der Waals surface area (Å²) in [5.74, 6) is 0.00386. The summed E-state index contributed by atoms with van der Waals surface area (Å²) in [5, 5.41) is 6.32. The van der Waals surface area contributed by atoms with E-state index >= 15 is 0 Å². The first kappa shape index (κ1) is 22.8. The SMILES string of the molecule is CC(C)CCNC(=O)C1CCCN1C(=O)c1ccc(NC(=O)c2ccc(Cl)cc2)cc1. The topological polar surface area (TPSA) is 78.5 Å². The molecule has 0 aliphatic carbocycles. The highest BCUT2D eigenvalue weighted by molar-refractivity contribution is 6.30. The first-order chi connectivity index (χ1) is 14.8. The van der Waals surface area contributed by atoms with Gasteiger partial charge in [-0.05, 0) is 73.7 Å². The molecule has 164 valence electrons. The highest BCUT2D eigenvalue weighted by Gasteiger charge is 2.34. The van der Waals surface area contributed by atoms with Gasteiger partial charge in [0.15, 0.2) is 0 Å². The number of halogens is 1. The monoisotopic (exact) mass is 441 g/mol. The highest BCUT2D eigenvalue weighted by Crippen LogP contribution is 2.22. The van der Waals surface area contributed by atoms with Crippen molar-refractivity contribution >= 4 is 35.0 Å². The lowest BCUT2D eigenvalue weighted by molar-refractivity contribution is -0.124. The van der Waals surface area contributed by atoms with Gasteiger partial charge in [0.2, 0.25) is 5.91 Å². The van der Waals surface area contributed by atoms with Crippen LogP contribution >= 0.6 is 11.6 Å². The van der Waals surface area contributed by atoms with Gasteiger partial charge < -0.3 is 15.5 Å². The molecule has 0 radical (unpaired) electrons. The number of amides is 3. The van der Waals surface area contributed by atoms with Gasteiger partial charge in [0, 0.05) is 34.9 Å². The van der Waals surface area contributed by atoms with E-state index in [4.69, 9.17) is 11.6 Å². The van der Waals surface area contributed by atoms with Crippen LogP contribution in [0, 0.1) is 5.92 Å². The number of anilines is 1. The second-order valence-electron chi connectivity index (χ2n) is 8.17. The zero-order chi connectivity index (χ0) is 22.4. The molecule has 1 heterocycles. The van der Waals surface area contributed by atoms with Crippen LogP contribution in [-0.2, 0) is 4.79 Å². The molecule has 2 N–H and O–H groups in total. The summed E-state index contributed by atoms with van der Waals surface area (Å²) in [6.45, 7) is 5.41. The molecule has 0 spiro atoms. The van der Waals surface area contributed by atoms with Crippen LogP contribution in [0.1, 0.15) is 53.8 Å². The molecule has 3 rings (SSSR count). The fourth-order valence-electron chi connectivity index (χ4n) is 3.55. The van der Waals surface area contributed by atoms with E-state index < -0.39 is 6.04 Å². The Kier molecular flexibility index (Phi) is 7.69. The van der Waals surface area contributed by atoms with Crippen LogP contribution in [-0.4, -0.2) is 41.8 Å². The average Bonchev–Trinajstić information content (AvgIpc) is 3.24. The molecule has 1 aliphatic heterocycles.